The number of ether oxygens (including phenoxy) is 1. The lowest BCUT2D eigenvalue weighted by molar-refractivity contribution is -0.122. The highest BCUT2D eigenvalue weighted by atomic mass is 19.2. The van der Waals surface area contributed by atoms with Crippen LogP contribution < -0.4 is 10.1 Å². The Kier molecular flexibility index (Phi) is 4.09. The summed E-state index contributed by atoms with van der Waals surface area (Å²) in [6.45, 7) is 0. The standard InChI is InChI=1S/C20H17F2NO4/c21-14-2-1-3-16(17(14)22)27-12-6-8-20(9-7-12)13-10-11(18(24)25)4-5-15(13)23-19(20)26/h1-5,10,12H,6-9H2,(H,23,26)(H,24,25). The molecule has 0 atom stereocenters. The largest absolute Gasteiger partial charge is 0.487 e. The first-order chi connectivity index (χ1) is 12.9. The third-order valence-electron chi connectivity index (χ3n) is 5.46. The van der Waals surface area contributed by atoms with Crippen molar-refractivity contribution in [3.05, 3.63) is 59.2 Å². The first-order valence-corrected chi connectivity index (χ1v) is 8.71. The highest BCUT2D eigenvalue weighted by molar-refractivity contribution is 6.07. The maximum atomic E-state index is 13.8. The number of halogens is 2. The van der Waals surface area contributed by atoms with Crippen LogP contribution in [0.4, 0.5) is 14.5 Å². The fourth-order valence-corrected chi connectivity index (χ4v) is 4.00. The van der Waals surface area contributed by atoms with Gasteiger partial charge < -0.3 is 15.2 Å². The Balaban J connectivity index is 1.55. The number of rotatable bonds is 3. The van der Waals surface area contributed by atoms with Crippen molar-refractivity contribution in [3.63, 3.8) is 0 Å². The Bertz CT molecular complexity index is 936. The van der Waals surface area contributed by atoms with Gasteiger partial charge in [-0.05, 0) is 61.6 Å². The van der Waals surface area contributed by atoms with Gasteiger partial charge in [0.25, 0.3) is 0 Å². The summed E-state index contributed by atoms with van der Waals surface area (Å²) in [5, 5.41) is 12.1. The molecule has 7 heteroatoms. The monoisotopic (exact) mass is 373 g/mol. The topological polar surface area (TPSA) is 75.6 Å². The van der Waals surface area contributed by atoms with Crippen LogP contribution in [0.15, 0.2) is 36.4 Å². The second-order valence-electron chi connectivity index (χ2n) is 6.97. The molecule has 1 spiro atoms. The lowest BCUT2D eigenvalue weighted by Gasteiger charge is -2.35. The predicted molar refractivity (Wildman–Crippen MR) is 93.0 cm³/mol. The number of benzene rings is 2. The molecule has 0 aromatic heterocycles. The molecule has 1 aliphatic carbocycles. The number of nitrogens with one attached hydrogen (secondary N) is 1. The number of fused-ring (bicyclic) bond motifs is 2. The van der Waals surface area contributed by atoms with Gasteiger partial charge in [0.1, 0.15) is 0 Å². The molecule has 0 saturated heterocycles. The average molecular weight is 373 g/mol. The summed E-state index contributed by atoms with van der Waals surface area (Å²) in [7, 11) is 0. The van der Waals surface area contributed by atoms with Crippen molar-refractivity contribution in [3.8, 4) is 5.75 Å². The van der Waals surface area contributed by atoms with Crippen LogP contribution in [0.2, 0.25) is 0 Å². The van der Waals surface area contributed by atoms with E-state index in [1.54, 1.807) is 12.1 Å². The second kappa shape index (κ2) is 6.33. The maximum absolute atomic E-state index is 13.8. The SMILES string of the molecule is O=C(O)c1ccc2c(c1)C1(CCC(Oc3cccc(F)c3F)CC1)C(=O)N2. The van der Waals surface area contributed by atoms with E-state index < -0.39 is 23.0 Å². The van der Waals surface area contributed by atoms with E-state index in [0.717, 1.165) is 6.07 Å². The van der Waals surface area contributed by atoms with Crippen LogP contribution in [0.3, 0.4) is 0 Å². The summed E-state index contributed by atoms with van der Waals surface area (Å²) >= 11 is 0. The van der Waals surface area contributed by atoms with Gasteiger partial charge in [-0.25, -0.2) is 9.18 Å². The van der Waals surface area contributed by atoms with Crippen LogP contribution in [-0.4, -0.2) is 23.1 Å². The number of aromatic carboxylic acids is 1. The Labute approximate surface area is 154 Å². The Morgan fingerprint density at radius 3 is 2.63 bits per heavy atom. The number of carbonyl (C=O) groups is 2. The first kappa shape index (κ1) is 17.5. The Morgan fingerprint density at radius 1 is 1.19 bits per heavy atom. The van der Waals surface area contributed by atoms with Crippen LogP contribution in [0, 0.1) is 11.6 Å². The highest BCUT2D eigenvalue weighted by Gasteiger charge is 2.49. The van der Waals surface area contributed by atoms with Gasteiger partial charge in [-0.3, -0.25) is 4.79 Å². The van der Waals surface area contributed by atoms with Gasteiger partial charge in [-0.2, -0.15) is 4.39 Å². The van der Waals surface area contributed by atoms with Gasteiger partial charge >= 0.3 is 5.97 Å². The van der Waals surface area contributed by atoms with Crippen molar-refractivity contribution in [2.75, 3.05) is 5.32 Å². The molecule has 2 aromatic carbocycles. The predicted octanol–water partition coefficient (Wildman–Crippen LogP) is 3.87. The molecule has 1 fully saturated rings. The molecule has 0 radical (unpaired) electrons. The summed E-state index contributed by atoms with van der Waals surface area (Å²) < 4.78 is 32.8. The summed E-state index contributed by atoms with van der Waals surface area (Å²) in [5.74, 6) is -3.33. The van der Waals surface area contributed by atoms with Crippen LogP contribution in [0.25, 0.3) is 0 Å². The maximum Gasteiger partial charge on any atom is 0.335 e. The van der Waals surface area contributed by atoms with E-state index in [1.165, 1.54) is 18.2 Å². The minimum Gasteiger partial charge on any atom is -0.487 e. The molecule has 4 rings (SSSR count). The fourth-order valence-electron chi connectivity index (χ4n) is 4.00. The molecule has 1 heterocycles. The summed E-state index contributed by atoms with van der Waals surface area (Å²) in [6, 6.07) is 8.39. The second-order valence-corrected chi connectivity index (χ2v) is 6.97. The number of amides is 1. The molecule has 0 unspecified atom stereocenters. The molecule has 1 amide bonds. The van der Waals surface area contributed by atoms with Gasteiger partial charge in [0.15, 0.2) is 11.6 Å². The zero-order chi connectivity index (χ0) is 19.2. The third kappa shape index (κ3) is 2.83. The zero-order valence-corrected chi connectivity index (χ0v) is 14.3. The molecule has 0 bridgehead atoms. The molecular formula is C20H17F2NO4. The Morgan fingerprint density at radius 2 is 1.93 bits per heavy atom. The van der Waals surface area contributed by atoms with E-state index in [9.17, 15) is 23.5 Å². The van der Waals surface area contributed by atoms with Crippen LogP contribution in [0.5, 0.6) is 5.75 Å². The number of carboxylic acid groups (broad SMARTS) is 1. The van der Waals surface area contributed by atoms with Gasteiger partial charge in [0, 0.05) is 5.69 Å². The normalized spacial score (nSPS) is 23.8. The molecule has 27 heavy (non-hydrogen) atoms. The van der Waals surface area contributed by atoms with E-state index in [4.69, 9.17) is 4.74 Å². The van der Waals surface area contributed by atoms with Gasteiger partial charge in [0.05, 0.1) is 17.1 Å². The summed E-state index contributed by atoms with van der Waals surface area (Å²) in [6.07, 6.45) is 1.49. The number of carboxylic acids is 1. The number of hydrogen-bond acceptors (Lipinski definition) is 3. The van der Waals surface area contributed by atoms with Gasteiger partial charge in [-0.15, -0.1) is 0 Å². The first-order valence-electron chi connectivity index (χ1n) is 8.71. The summed E-state index contributed by atoms with van der Waals surface area (Å²) in [4.78, 5) is 23.9. The Hall–Kier alpha value is -2.96. The average Bonchev–Trinajstić information content (AvgIpc) is 2.92. The zero-order valence-electron chi connectivity index (χ0n) is 14.3. The van der Waals surface area contributed by atoms with Gasteiger partial charge in [-0.1, -0.05) is 6.07 Å². The van der Waals surface area contributed by atoms with Crippen molar-refractivity contribution in [2.24, 2.45) is 0 Å². The lowest BCUT2D eigenvalue weighted by atomic mass is 9.69. The summed E-state index contributed by atoms with van der Waals surface area (Å²) in [5.41, 5.74) is 0.634. The van der Waals surface area contributed by atoms with E-state index >= 15 is 0 Å². The van der Waals surface area contributed by atoms with Crippen LogP contribution >= 0.6 is 0 Å². The molecule has 1 aliphatic heterocycles. The molecule has 2 aliphatic rings. The van der Waals surface area contributed by atoms with E-state index in [-0.39, 0.29) is 23.3 Å². The molecule has 1 saturated carbocycles. The number of anilines is 1. The quantitative estimate of drug-likeness (QED) is 0.856. The van der Waals surface area contributed by atoms with Crippen molar-refractivity contribution in [2.45, 2.75) is 37.2 Å². The van der Waals surface area contributed by atoms with Crippen LogP contribution in [0.1, 0.15) is 41.6 Å². The van der Waals surface area contributed by atoms with E-state index in [0.29, 0.717) is 36.9 Å². The molecule has 2 aromatic rings. The smallest absolute Gasteiger partial charge is 0.335 e. The van der Waals surface area contributed by atoms with E-state index in [1.807, 2.05) is 0 Å². The lowest BCUT2D eigenvalue weighted by Crippen LogP contribution is -2.41. The van der Waals surface area contributed by atoms with Crippen LogP contribution in [-0.2, 0) is 10.2 Å². The van der Waals surface area contributed by atoms with Gasteiger partial charge in [0.2, 0.25) is 11.7 Å². The number of hydrogen-bond donors (Lipinski definition) is 2. The fraction of sp³-hybridized carbons (Fsp3) is 0.300. The molecular weight excluding hydrogens is 356 g/mol. The van der Waals surface area contributed by atoms with E-state index in [2.05, 4.69) is 5.32 Å². The third-order valence-corrected chi connectivity index (χ3v) is 5.46. The molecule has 5 nitrogen and oxygen atoms in total. The van der Waals surface area contributed by atoms with Crippen molar-refractivity contribution < 1.29 is 28.2 Å². The molecule has 140 valence electrons. The highest BCUT2D eigenvalue weighted by Crippen LogP contribution is 2.48. The minimum absolute atomic E-state index is 0.129. The number of carbonyl (C=O) groups excluding carboxylic acids is 1. The molecule has 2 N–H and O–H groups in total. The van der Waals surface area contributed by atoms with Crippen molar-refractivity contribution in [1.82, 2.24) is 0 Å². The minimum atomic E-state index is -1.05. The van der Waals surface area contributed by atoms with Crippen molar-refractivity contribution in [1.29, 1.82) is 0 Å². The van der Waals surface area contributed by atoms with Crippen molar-refractivity contribution >= 4 is 17.6 Å².